The summed E-state index contributed by atoms with van der Waals surface area (Å²) in [6.45, 7) is 4.23. The Morgan fingerprint density at radius 3 is 2.02 bits per heavy atom. The summed E-state index contributed by atoms with van der Waals surface area (Å²) in [6.07, 6.45) is 11.6. The summed E-state index contributed by atoms with van der Waals surface area (Å²) < 4.78 is 0. The molecule has 0 aliphatic rings. The summed E-state index contributed by atoms with van der Waals surface area (Å²) in [4.78, 5) is 30.7. The number of halogens is 1. The first-order valence-corrected chi connectivity index (χ1v) is 15.2. The summed E-state index contributed by atoms with van der Waals surface area (Å²) in [5.74, 6) is -0.196. The third kappa shape index (κ3) is 8.89. The highest BCUT2D eigenvalue weighted by molar-refractivity contribution is 6.30. The normalized spacial score (nSPS) is 11.0. The molecule has 5 nitrogen and oxygen atoms in total. The minimum atomic E-state index is -0.222. The number of hydrogen-bond donors (Lipinski definition) is 2. The lowest BCUT2D eigenvalue weighted by Gasteiger charge is -2.13. The number of para-hydroxylation sites is 1. The largest absolute Gasteiger partial charge is 0.326 e. The number of rotatable bonds is 14. The van der Waals surface area contributed by atoms with Gasteiger partial charge in [0, 0.05) is 33.8 Å². The van der Waals surface area contributed by atoms with Gasteiger partial charge in [-0.1, -0.05) is 100 Å². The van der Waals surface area contributed by atoms with Crippen LogP contribution in [0.15, 0.2) is 72.8 Å². The third-order valence-corrected chi connectivity index (χ3v) is 7.61. The zero-order chi connectivity index (χ0) is 29.0. The second-order valence-electron chi connectivity index (χ2n) is 10.7. The van der Waals surface area contributed by atoms with Gasteiger partial charge in [-0.05, 0) is 61.4 Å². The maximum absolute atomic E-state index is 13.5. The van der Waals surface area contributed by atoms with E-state index in [1.54, 1.807) is 12.1 Å². The van der Waals surface area contributed by atoms with E-state index in [0.29, 0.717) is 28.4 Å². The Morgan fingerprint density at radius 2 is 1.37 bits per heavy atom. The van der Waals surface area contributed by atoms with Gasteiger partial charge in [0.2, 0.25) is 5.91 Å². The molecule has 4 aromatic rings. The maximum atomic E-state index is 13.5. The molecule has 0 unspecified atom stereocenters. The highest BCUT2D eigenvalue weighted by Gasteiger charge is 2.16. The molecule has 1 aromatic heterocycles. The summed E-state index contributed by atoms with van der Waals surface area (Å²) in [7, 11) is 0. The van der Waals surface area contributed by atoms with E-state index in [2.05, 4.69) is 17.6 Å². The highest BCUT2D eigenvalue weighted by Crippen LogP contribution is 2.28. The third-order valence-electron chi connectivity index (χ3n) is 7.36. The second kappa shape index (κ2) is 15.3. The molecule has 214 valence electrons. The Labute approximate surface area is 248 Å². The predicted molar refractivity (Wildman–Crippen MR) is 172 cm³/mol. The van der Waals surface area contributed by atoms with Crippen LogP contribution in [0, 0.1) is 6.92 Å². The van der Waals surface area contributed by atoms with Crippen LogP contribution in [0.5, 0.6) is 0 Å². The molecule has 0 radical (unpaired) electrons. The monoisotopic (exact) mass is 569 g/mol. The fourth-order valence-electron chi connectivity index (χ4n) is 5.00. The molecule has 0 atom stereocenters. The van der Waals surface area contributed by atoms with Crippen LogP contribution >= 0.6 is 11.6 Å². The topological polar surface area (TPSA) is 71.1 Å². The number of nitrogens with one attached hydrogen (secondary N) is 2. The number of carbonyl (C=O) groups is 2. The molecule has 4 rings (SSSR count). The molecule has 0 fully saturated rings. The number of unbranched alkanes of at least 4 members (excludes halogenated alkanes) is 8. The number of carbonyl (C=O) groups excluding carboxylic acids is 2. The summed E-state index contributed by atoms with van der Waals surface area (Å²) in [6, 6.07) is 22.3. The average molecular weight is 570 g/mol. The lowest BCUT2D eigenvalue weighted by atomic mass is 10.0. The van der Waals surface area contributed by atoms with Crippen LogP contribution in [0.4, 0.5) is 11.4 Å². The first kappa shape index (κ1) is 30.3. The molecule has 41 heavy (non-hydrogen) atoms. The summed E-state index contributed by atoms with van der Waals surface area (Å²) in [5.41, 5.74) is 5.29. The van der Waals surface area contributed by atoms with E-state index in [4.69, 9.17) is 16.6 Å². The van der Waals surface area contributed by atoms with Crippen LogP contribution in [-0.2, 0) is 4.79 Å². The maximum Gasteiger partial charge on any atom is 0.256 e. The number of amides is 2. The minimum Gasteiger partial charge on any atom is -0.326 e. The minimum absolute atomic E-state index is 0.0260. The van der Waals surface area contributed by atoms with Crippen LogP contribution in [0.2, 0.25) is 5.02 Å². The molecule has 0 spiro atoms. The van der Waals surface area contributed by atoms with Crippen LogP contribution in [0.1, 0.15) is 87.1 Å². The molecule has 0 aliphatic carbocycles. The van der Waals surface area contributed by atoms with Gasteiger partial charge in [-0.3, -0.25) is 9.59 Å². The van der Waals surface area contributed by atoms with Crippen molar-refractivity contribution in [3.8, 4) is 11.3 Å². The number of nitrogens with zero attached hydrogens (tertiary/aromatic N) is 1. The van der Waals surface area contributed by atoms with E-state index < -0.39 is 0 Å². The first-order valence-electron chi connectivity index (χ1n) is 14.8. The number of pyridine rings is 1. The van der Waals surface area contributed by atoms with Crippen LogP contribution < -0.4 is 10.6 Å². The molecule has 6 heteroatoms. The molecule has 2 N–H and O–H groups in total. The Bertz CT molecular complexity index is 1450. The van der Waals surface area contributed by atoms with Gasteiger partial charge < -0.3 is 10.6 Å². The van der Waals surface area contributed by atoms with Crippen molar-refractivity contribution in [1.82, 2.24) is 4.98 Å². The Balaban J connectivity index is 1.34. The first-order chi connectivity index (χ1) is 19.9. The van der Waals surface area contributed by atoms with Gasteiger partial charge >= 0.3 is 0 Å². The smallest absolute Gasteiger partial charge is 0.256 e. The molecular formula is C35H40ClN3O2. The highest BCUT2D eigenvalue weighted by atomic mass is 35.5. The molecule has 0 aliphatic heterocycles. The van der Waals surface area contributed by atoms with Crippen molar-refractivity contribution in [2.24, 2.45) is 0 Å². The van der Waals surface area contributed by atoms with Gasteiger partial charge in [-0.2, -0.15) is 0 Å². The molecule has 1 heterocycles. The Hall–Kier alpha value is -3.70. The van der Waals surface area contributed by atoms with Gasteiger partial charge in [0.25, 0.3) is 5.91 Å². The van der Waals surface area contributed by atoms with E-state index in [1.165, 1.54) is 44.9 Å². The molecule has 0 saturated heterocycles. The molecule has 0 bridgehead atoms. The van der Waals surface area contributed by atoms with Gasteiger partial charge in [0.05, 0.1) is 16.8 Å². The standard InChI is InChI=1S/C35H40ClN3O2/c1-3-4-5-6-7-8-9-10-11-15-33(40)37-28-20-22-29(23-21-28)38-35(41)31-24-32(26-16-18-27(36)19-17-26)39-34-25(2)13-12-14-30(31)34/h12-14,16-24H,3-11,15H2,1-2H3,(H,37,40)(H,38,41). The second-order valence-corrected chi connectivity index (χ2v) is 11.1. The average Bonchev–Trinajstić information content (AvgIpc) is 2.97. The zero-order valence-electron chi connectivity index (χ0n) is 24.1. The molecule has 0 saturated carbocycles. The number of aryl methyl sites for hydroxylation is 1. The van der Waals surface area contributed by atoms with E-state index in [9.17, 15) is 9.59 Å². The van der Waals surface area contributed by atoms with Crippen molar-refractivity contribution in [3.05, 3.63) is 88.9 Å². The van der Waals surface area contributed by atoms with Gasteiger partial charge in [-0.25, -0.2) is 4.98 Å². The van der Waals surface area contributed by atoms with Crippen LogP contribution in [0.25, 0.3) is 22.2 Å². The van der Waals surface area contributed by atoms with Crippen LogP contribution in [0.3, 0.4) is 0 Å². The fourth-order valence-corrected chi connectivity index (χ4v) is 5.13. The summed E-state index contributed by atoms with van der Waals surface area (Å²) in [5, 5.41) is 7.41. The summed E-state index contributed by atoms with van der Waals surface area (Å²) >= 11 is 6.08. The SMILES string of the molecule is CCCCCCCCCCCC(=O)Nc1ccc(NC(=O)c2cc(-c3ccc(Cl)cc3)nc3c(C)cccc23)cc1. The van der Waals surface area contributed by atoms with Crippen LogP contribution in [-0.4, -0.2) is 16.8 Å². The van der Waals surface area contributed by atoms with Gasteiger partial charge in [0.15, 0.2) is 0 Å². The van der Waals surface area contributed by atoms with E-state index in [-0.39, 0.29) is 11.8 Å². The van der Waals surface area contributed by atoms with Gasteiger partial charge in [-0.15, -0.1) is 0 Å². The predicted octanol–water partition coefficient (Wildman–Crippen LogP) is 9.98. The van der Waals surface area contributed by atoms with E-state index >= 15 is 0 Å². The zero-order valence-corrected chi connectivity index (χ0v) is 24.9. The van der Waals surface area contributed by atoms with Crippen molar-refractivity contribution in [2.75, 3.05) is 10.6 Å². The Morgan fingerprint density at radius 1 is 0.756 bits per heavy atom. The fraction of sp³-hybridized carbons (Fsp3) is 0.343. The lowest BCUT2D eigenvalue weighted by Crippen LogP contribution is -2.14. The van der Waals surface area contributed by atoms with E-state index in [1.807, 2.05) is 67.6 Å². The number of aromatic nitrogens is 1. The number of fused-ring (bicyclic) bond motifs is 1. The van der Waals surface area contributed by atoms with Crippen molar-refractivity contribution in [1.29, 1.82) is 0 Å². The number of hydrogen-bond acceptors (Lipinski definition) is 3. The molecule has 2 amide bonds. The number of benzene rings is 3. The lowest BCUT2D eigenvalue weighted by molar-refractivity contribution is -0.116. The van der Waals surface area contributed by atoms with Crippen molar-refractivity contribution >= 4 is 45.7 Å². The Kier molecular flexibility index (Phi) is 11.3. The quantitative estimate of drug-likeness (QED) is 0.148. The van der Waals surface area contributed by atoms with Crippen molar-refractivity contribution in [2.45, 2.75) is 78.1 Å². The van der Waals surface area contributed by atoms with Crippen molar-refractivity contribution < 1.29 is 9.59 Å². The van der Waals surface area contributed by atoms with Gasteiger partial charge in [0.1, 0.15) is 0 Å². The van der Waals surface area contributed by atoms with E-state index in [0.717, 1.165) is 40.6 Å². The number of anilines is 2. The van der Waals surface area contributed by atoms with Crippen molar-refractivity contribution in [3.63, 3.8) is 0 Å². The molecule has 3 aromatic carbocycles. The molecular weight excluding hydrogens is 530 g/mol.